The molecule has 25 heavy (non-hydrogen) atoms. The normalized spacial score (nSPS) is 10.6. The molecule has 0 saturated carbocycles. The molecule has 0 fully saturated rings. The molecule has 0 bridgehead atoms. The van der Waals surface area contributed by atoms with E-state index in [1.54, 1.807) is 14.0 Å². The zero-order chi connectivity index (χ0) is 18.4. The molecule has 0 radical (unpaired) electrons. The molecule has 0 unspecified atom stereocenters. The van der Waals surface area contributed by atoms with Gasteiger partial charge in [-0.1, -0.05) is 26.0 Å². The smallest absolute Gasteiger partial charge is 0.341 e. The molecule has 0 aliphatic heterocycles. The maximum Gasteiger partial charge on any atom is 0.341 e. The number of hydrogen-bond donors (Lipinski definition) is 1. The monoisotopic (exact) mass is 361 g/mol. The fourth-order valence-corrected chi connectivity index (χ4v) is 3.36. The van der Waals surface area contributed by atoms with Crippen LogP contribution in [0.5, 0.6) is 5.75 Å². The van der Waals surface area contributed by atoms with Crippen LogP contribution in [-0.4, -0.2) is 25.6 Å². The van der Waals surface area contributed by atoms with Crippen molar-refractivity contribution in [3.05, 3.63) is 35.2 Å². The Kier molecular flexibility index (Phi) is 6.58. The number of carbonyl (C=O) groups excluding carboxylic acids is 2. The minimum atomic E-state index is -0.436. The first-order valence-corrected chi connectivity index (χ1v) is 9.07. The summed E-state index contributed by atoms with van der Waals surface area (Å²) in [5, 5.41) is 5.23. The van der Waals surface area contributed by atoms with Gasteiger partial charge in [0.25, 0.3) is 0 Å². The first-order chi connectivity index (χ1) is 12.0. The summed E-state index contributed by atoms with van der Waals surface area (Å²) >= 11 is 1.33. The number of esters is 1. The van der Waals surface area contributed by atoms with Crippen LogP contribution in [0, 0.1) is 5.92 Å². The number of carbonyl (C=O) groups is 2. The lowest BCUT2D eigenvalue weighted by Gasteiger charge is -2.10. The number of amides is 1. The first-order valence-electron chi connectivity index (χ1n) is 8.19. The van der Waals surface area contributed by atoms with E-state index in [0.717, 1.165) is 16.9 Å². The standard InChI is InChI=1S/C19H23NO4S/c1-5-24-19(22)17-15(13-6-8-14(23-4)9-7-13)11-25-18(17)20-16(21)10-12(2)3/h6-9,11-12H,5,10H2,1-4H3,(H,20,21). The topological polar surface area (TPSA) is 64.6 Å². The van der Waals surface area contributed by atoms with Crippen LogP contribution in [0.1, 0.15) is 37.6 Å². The third kappa shape index (κ3) is 4.82. The summed E-state index contributed by atoms with van der Waals surface area (Å²) in [6, 6.07) is 7.42. The van der Waals surface area contributed by atoms with Gasteiger partial charge in [-0.2, -0.15) is 0 Å². The lowest BCUT2D eigenvalue weighted by molar-refractivity contribution is -0.116. The number of ether oxygens (including phenoxy) is 2. The van der Waals surface area contributed by atoms with Crippen molar-refractivity contribution in [2.45, 2.75) is 27.2 Å². The van der Waals surface area contributed by atoms with E-state index in [2.05, 4.69) is 5.32 Å². The van der Waals surface area contributed by atoms with Crippen LogP contribution >= 0.6 is 11.3 Å². The van der Waals surface area contributed by atoms with E-state index in [4.69, 9.17) is 9.47 Å². The summed E-state index contributed by atoms with van der Waals surface area (Å²) < 4.78 is 10.4. The molecular formula is C19H23NO4S. The number of rotatable bonds is 7. The lowest BCUT2D eigenvalue weighted by Crippen LogP contribution is -2.16. The Hall–Kier alpha value is -2.34. The molecule has 6 heteroatoms. The van der Waals surface area contributed by atoms with Crippen molar-refractivity contribution < 1.29 is 19.1 Å². The van der Waals surface area contributed by atoms with Crippen LogP contribution in [0.25, 0.3) is 11.1 Å². The largest absolute Gasteiger partial charge is 0.497 e. The van der Waals surface area contributed by atoms with Crippen molar-refractivity contribution in [1.29, 1.82) is 0 Å². The van der Waals surface area contributed by atoms with Gasteiger partial charge in [0.1, 0.15) is 16.3 Å². The van der Waals surface area contributed by atoms with Gasteiger partial charge in [-0.05, 0) is 30.5 Å². The molecule has 134 valence electrons. The van der Waals surface area contributed by atoms with Crippen molar-refractivity contribution in [3.8, 4) is 16.9 Å². The zero-order valence-electron chi connectivity index (χ0n) is 14.9. The first kappa shape index (κ1) is 19.0. The van der Waals surface area contributed by atoms with Gasteiger partial charge in [-0.15, -0.1) is 11.3 Å². The van der Waals surface area contributed by atoms with Gasteiger partial charge in [0, 0.05) is 17.4 Å². The molecule has 1 N–H and O–H groups in total. The summed E-state index contributed by atoms with van der Waals surface area (Å²) in [5.74, 6) is 0.437. The molecule has 2 aromatic rings. The van der Waals surface area contributed by atoms with Crippen LogP contribution in [0.3, 0.4) is 0 Å². The van der Waals surface area contributed by atoms with E-state index in [1.165, 1.54) is 11.3 Å². The molecule has 0 aliphatic rings. The Balaban J connectivity index is 2.38. The predicted molar refractivity (Wildman–Crippen MR) is 100 cm³/mol. The summed E-state index contributed by atoms with van der Waals surface area (Å²) in [4.78, 5) is 24.6. The molecule has 1 amide bonds. The van der Waals surface area contributed by atoms with E-state index in [9.17, 15) is 9.59 Å². The average molecular weight is 361 g/mol. The molecule has 0 atom stereocenters. The molecule has 1 aromatic heterocycles. The number of thiophene rings is 1. The van der Waals surface area contributed by atoms with Crippen LogP contribution in [0.15, 0.2) is 29.6 Å². The highest BCUT2D eigenvalue weighted by Gasteiger charge is 2.23. The Bertz CT molecular complexity index is 734. The predicted octanol–water partition coefficient (Wildman–Crippen LogP) is 4.59. The molecule has 0 aliphatic carbocycles. The summed E-state index contributed by atoms with van der Waals surface area (Å²) in [7, 11) is 1.60. The van der Waals surface area contributed by atoms with Gasteiger partial charge >= 0.3 is 5.97 Å². The van der Waals surface area contributed by atoms with Gasteiger partial charge in [-0.25, -0.2) is 4.79 Å². The maximum absolute atomic E-state index is 12.5. The Morgan fingerprint density at radius 1 is 1.20 bits per heavy atom. The van der Waals surface area contributed by atoms with Crippen molar-refractivity contribution >= 4 is 28.2 Å². The Morgan fingerprint density at radius 2 is 1.88 bits per heavy atom. The number of nitrogens with one attached hydrogen (secondary N) is 1. The van der Waals surface area contributed by atoms with Crippen LogP contribution in [0.2, 0.25) is 0 Å². The lowest BCUT2D eigenvalue weighted by atomic mass is 10.0. The van der Waals surface area contributed by atoms with Crippen molar-refractivity contribution in [2.24, 2.45) is 5.92 Å². The number of hydrogen-bond acceptors (Lipinski definition) is 5. The Morgan fingerprint density at radius 3 is 2.44 bits per heavy atom. The maximum atomic E-state index is 12.5. The molecular weight excluding hydrogens is 338 g/mol. The molecule has 0 spiro atoms. The highest BCUT2D eigenvalue weighted by atomic mass is 32.1. The number of benzene rings is 1. The molecule has 1 heterocycles. The third-order valence-corrected chi connectivity index (χ3v) is 4.41. The van der Waals surface area contributed by atoms with Crippen LogP contribution < -0.4 is 10.1 Å². The second-order valence-electron chi connectivity index (χ2n) is 5.95. The van der Waals surface area contributed by atoms with Crippen molar-refractivity contribution in [1.82, 2.24) is 0 Å². The molecule has 5 nitrogen and oxygen atoms in total. The van der Waals surface area contributed by atoms with E-state index >= 15 is 0 Å². The van der Waals surface area contributed by atoms with Gasteiger partial charge in [0.15, 0.2) is 0 Å². The van der Waals surface area contributed by atoms with E-state index < -0.39 is 5.97 Å². The number of anilines is 1. The number of methoxy groups -OCH3 is 1. The summed E-state index contributed by atoms with van der Waals surface area (Å²) in [6.45, 7) is 5.98. The van der Waals surface area contributed by atoms with Gasteiger partial charge in [0.05, 0.1) is 13.7 Å². The quantitative estimate of drug-likeness (QED) is 0.733. The SMILES string of the molecule is CCOC(=O)c1c(-c2ccc(OC)cc2)csc1NC(=O)CC(C)C. The van der Waals surface area contributed by atoms with Crippen LogP contribution in [-0.2, 0) is 9.53 Å². The second kappa shape index (κ2) is 8.67. The zero-order valence-corrected chi connectivity index (χ0v) is 15.7. The van der Waals surface area contributed by atoms with Gasteiger partial charge < -0.3 is 14.8 Å². The fourth-order valence-electron chi connectivity index (χ4n) is 2.39. The molecule has 1 aromatic carbocycles. The Labute approximate surface area is 152 Å². The second-order valence-corrected chi connectivity index (χ2v) is 6.83. The average Bonchev–Trinajstić information content (AvgIpc) is 2.97. The minimum Gasteiger partial charge on any atom is -0.497 e. The third-order valence-electron chi connectivity index (χ3n) is 3.52. The molecule has 2 rings (SSSR count). The van der Waals surface area contributed by atoms with E-state index in [1.807, 2.05) is 43.5 Å². The highest BCUT2D eigenvalue weighted by molar-refractivity contribution is 7.15. The van der Waals surface area contributed by atoms with E-state index in [0.29, 0.717) is 17.0 Å². The van der Waals surface area contributed by atoms with Gasteiger partial charge in [-0.3, -0.25) is 4.79 Å². The van der Waals surface area contributed by atoms with E-state index in [-0.39, 0.29) is 18.4 Å². The van der Waals surface area contributed by atoms with Crippen molar-refractivity contribution in [2.75, 3.05) is 19.0 Å². The highest BCUT2D eigenvalue weighted by Crippen LogP contribution is 2.37. The van der Waals surface area contributed by atoms with Gasteiger partial charge in [0.2, 0.25) is 5.91 Å². The fraction of sp³-hybridized carbons (Fsp3) is 0.368. The van der Waals surface area contributed by atoms with Crippen LogP contribution in [0.4, 0.5) is 5.00 Å². The minimum absolute atomic E-state index is 0.108. The summed E-state index contributed by atoms with van der Waals surface area (Å²) in [6.07, 6.45) is 0.401. The summed E-state index contributed by atoms with van der Waals surface area (Å²) in [5.41, 5.74) is 2.00. The van der Waals surface area contributed by atoms with Crippen molar-refractivity contribution in [3.63, 3.8) is 0 Å². The molecule has 0 saturated heterocycles.